The highest BCUT2D eigenvalue weighted by Gasteiger charge is 2.18. The predicted octanol–water partition coefficient (Wildman–Crippen LogP) is 2.08. The highest BCUT2D eigenvalue weighted by molar-refractivity contribution is 5.82. The van der Waals surface area contributed by atoms with Crippen LogP contribution in [0.5, 0.6) is 0 Å². The lowest BCUT2D eigenvalue weighted by Crippen LogP contribution is -2.44. The van der Waals surface area contributed by atoms with Crippen molar-refractivity contribution in [3.63, 3.8) is 0 Å². The van der Waals surface area contributed by atoms with E-state index in [1.807, 2.05) is 0 Å². The molecule has 1 aliphatic heterocycles. The first kappa shape index (κ1) is 17.2. The van der Waals surface area contributed by atoms with Gasteiger partial charge in [-0.25, -0.2) is 0 Å². The van der Waals surface area contributed by atoms with Gasteiger partial charge >= 0.3 is 0 Å². The molecule has 116 valence electrons. The molecule has 1 heterocycles. The van der Waals surface area contributed by atoms with Gasteiger partial charge in [0.15, 0.2) is 0 Å². The SMILES string of the molecule is CC1=NCCNC(C)(C)/C=C(/C)NCCNC(C)(C)C1. The molecule has 4 heteroatoms. The van der Waals surface area contributed by atoms with Gasteiger partial charge in [-0.1, -0.05) is 0 Å². The molecule has 1 aliphatic rings. The van der Waals surface area contributed by atoms with E-state index >= 15 is 0 Å². The van der Waals surface area contributed by atoms with Gasteiger partial charge in [-0.2, -0.15) is 0 Å². The molecule has 0 aromatic heterocycles. The van der Waals surface area contributed by atoms with E-state index in [0.29, 0.717) is 0 Å². The molecule has 20 heavy (non-hydrogen) atoms. The first-order valence-corrected chi connectivity index (χ1v) is 7.63. The second-order valence-corrected chi connectivity index (χ2v) is 7.01. The van der Waals surface area contributed by atoms with Gasteiger partial charge in [0.25, 0.3) is 0 Å². The van der Waals surface area contributed by atoms with Crippen molar-refractivity contribution in [1.29, 1.82) is 0 Å². The minimum absolute atomic E-state index is 0.00265. The van der Waals surface area contributed by atoms with Crippen molar-refractivity contribution in [2.75, 3.05) is 26.2 Å². The van der Waals surface area contributed by atoms with Crippen molar-refractivity contribution in [2.24, 2.45) is 4.99 Å². The Morgan fingerprint density at radius 1 is 1.00 bits per heavy atom. The fraction of sp³-hybridized carbons (Fsp3) is 0.812. The molecule has 4 nitrogen and oxygen atoms in total. The van der Waals surface area contributed by atoms with Crippen LogP contribution in [0.3, 0.4) is 0 Å². The van der Waals surface area contributed by atoms with Gasteiger partial charge in [-0.3, -0.25) is 4.99 Å². The first-order chi connectivity index (χ1) is 9.20. The van der Waals surface area contributed by atoms with Crippen LogP contribution in [0.25, 0.3) is 0 Å². The van der Waals surface area contributed by atoms with Crippen LogP contribution >= 0.6 is 0 Å². The van der Waals surface area contributed by atoms with Gasteiger partial charge < -0.3 is 16.0 Å². The lowest BCUT2D eigenvalue weighted by Gasteiger charge is -2.28. The summed E-state index contributed by atoms with van der Waals surface area (Å²) in [5, 5.41) is 10.6. The average molecular weight is 280 g/mol. The number of nitrogens with zero attached hydrogens (tertiary/aromatic N) is 1. The van der Waals surface area contributed by atoms with Gasteiger partial charge in [-0.15, -0.1) is 0 Å². The van der Waals surface area contributed by atoms with Crippen molar-refractivity contribution < 1.29 is 0 Å². The van der Waals surface area contributed by atoms with Crippen LogP contribution in [0.15, 0.2) is 16.8 Å². The third kappa shape index (κ3) is 7.06. The molecule has 0 saturated carbocycles. The van der Waals surface area contributed by atoms with E-state index in [2.05, 4.69) is 68.6 Å². The quantitative estimate of drug-likeness (QED) is 0.637. The highest BCUT2D eigenvalue weighted by atomic mass is 15.0. The zero-order valence-electron chi connectivity index (χ0n) is 14.1. The number of hydrogen-bond donors (Lipinski definition) is 3. The Kier molecular flexibility index (Phi) is 6.21. The second kappa shape index (κ2) is 7.23. The van der Waals surface area contributed by atoms with E-state index in [1.54, 1.807) is 0 Å². The fourth-order valence-corrected chi connectivity index (χ4v) is 2.69. The van der Waals surface area contributed by atoms with Crippen molar-refractivity contribution in [1.82, 2.24) is 16.0 Å². The zero-order valence-corrected chi connectivity index (χ0v) is 14.1. The molecule has 0 spiro atoms. The molecule has 0 bridgehead atoms. The van der Waals surface area contributed by atoms with E-state index in [-0.39, 0.29) is 11.1 Å². The van der Waals surface area contributed by atoms with Gasteiger partial charge in [0, 0.05) is 48.5 Å². The Labute approximate surface area is 124 Å². The van der Waals surface area contributed by atoms with Crippen LogP contribution in [-0.4, -0.2) is 43.0 Å². The summed E-state index contributed by atoms with van der Waals surface area (Å²) in [6, 6.07) is 0. The topological polar surface area (TPSA) is 48.5 Å². The molecule has 0 fully saturated rings. The molecule has 3 N–H and O–H groups in total. The summed E-state index contributed by atoms with van der Waals surface area (Å²) < 4.78 is 0. The summed E-state index contributed by atoms with van der Waals surface area (Å²) in [6.45, 7) is 16.8. The summed E-state index contributed by atoms with van der Waals surface area (Å²) in [4.78, 5) is 4.67. The summed E-state index contributed by atoms with van der Waals surface area (Å²) in [5.41, 5.74) is 2.54. The minimum Gasteiger partial charge on any atom is -0.387 e. The summed E-state index contributed by atoms with van der Waals surface area (Å²) in [7, 11) is 0. The van der Waals surface area contributed by atoms with E-state index in [0.717, 1.165) is 32.6 Å². The maximum Gasteiger partial charge on any atom is 0.0513 e. The van der Waals surface area contributed by atoms with Crippen LogP contribution in [0.4, 0.5) is 0 Å². The molecule has 0 saturated heterocycles. The molecular formula is C16H32N4. The Balaban J connectivity index is 2.73. The molecule has 0 aromatic carbocycles. The minimum atomic E-state index is -0.00265. The fourth-order valence-electron chi connectivity index (χ4n) is 2.69. The van der Waals surface area contributed by atoms with E-state index < -0.39 is 0 Å². The van der Waals surface area contributed by atoms with Gasteiger partial charge in [0.1, 0.15) is 0 Å². The normalized spacial score (nSPS) is 27.5. The standard InChI is InChI=1S/C16H32N4/c1-13-11-15(3,4)19-10-8-18-14(2)12-16(5,6)20-9-7-17-13/h11,17,19-20H,7-10,12H2,1-6H3/b13-11-,18-14?. The molecule has 0 amide bonds. The summed E-state index contributed by atoms with van der Waals surface area (Å²) >= 11 is 0. The van der Waals surface area contributed by atoms with Gasteiger partial charge in [-0.05, 0) is 47.6 Å². The van der Waals surface area contributed by atoms with E-state index in [1.165, 1.54) is 11.4 Å². The largest absolute Gasteiger partial charge is 0.387 e. The van der Waals surface area contributed by atoms with Crippen molar-refractivity contribution in [3.05, 3.63) is 11.8 Å². The summed E-state index contributed by atoms with van der Waals surface area (Å²) in [6.07, 6.45) is 3.24. The van der Waals surface area contributed by atoms with E-state index in [4.69, 9.17) is 0 Å². The molecule has 0 atom stereocenters. The summed E-state index contributed by atoms with van der Waals surface area (Å²) in [5.74, 6) is 0. The Morgan fingerprint density at radius 3 is 2.40 bits per heavy atom. The Morgan fingerprint density at radius 2 is 1.70 bits per heavy atom. The first-order valence-electron chi connectivity index (χ1n) is 7.63. The van der Waals surface area contributed by atoms with Gasteiger partial charge in [0.2, 0.25) is 0 Å². The molecule has 1 rings (SSSR count). The average Bonchev–Trinajstić information content (AvgIpc) is 2.28. The maximum atomic E-state index is 4.67. The Bertz CT molecular complexity index is 367. The van der Waals surface area contributed by atoms with Crippen molar-refractivity contribution in [2.45, 2.75) is 59.0 Å². The molecular weight excluding hydrogens is 248 g/mol. The Hall–Kier alpha value is -0.870. The lowest BCUT2D eigenvalue weighted by atomic mass is 9.97. The molecule has 0 aliphatic carbocycles. The number of nitrogens with one attached hydrogen (secondary N) is 3. The zero-order chi connectivity index (χ0) is 15.2. The smallest absolute Gasteiger partial charge is 0.0513 e. The van der Waals surface area contributed by atoms with Crippen LogP contribution < -0.4 is 16.0 Å². The third-order valence-electron chi connectivity index (χ3n) is 3.48. The molecule has 0 aromatic rings. The van der Waals surface area contributed by atoms with Crippen molar-refractivity contribution in [3.8, 4) is 0 Å². The number of rotatable bonds is 0. The molecule has 0 unspecified atom stereocenters. The number of aliphatic imine (C=N–C) groups is 1. The predicted molar refractivity (Wildman–Crippen MR) is 88.5 cm³/mol. The van der Waals surface area contributed by atoms with Crippen LogP contribution in [0.1, 0.15) is 48.0 Å². The molecule has 0 radical (unpaired) electrons. The van der Waals surface area contributed by atoms with E-state index in [9.17, 15) is 0 Å². The third-order valence-corrected chi connectivity index (χ3v) is 3.48. The highest BCUT2D eigenvalue weighted by Crippen LogP contribution is 2.10. The second-order valence-electron chi connectivity index (χ2n) is 7.01. The lowest BCUT2D eigenvalue weighted by molar-refractivity contribution is 0.400. The van der Waals surface area contributed by atoms with Crippen molar-refractivity contribution >= 4 is 5.71 Å². The van der Waals surface area contributed by atoms with Crippen LogP contribution in [0.2, 0.25) is 0 Å². The van der Waals surface area contributed by atoms with Crippen LogP contribution in [-0.2, 0) is 0 Å². The number of allylic oxidation sites excluding steroid dienone is 1. The monoisotopic (exact) mass is 280 g/mol. The maximum absolute atomic E-state index is 4.67. The number of hydrogen-bond acceptors (Lipinski definition) is 4. The van der Waals surface area contributed by atoms with Gasteiger partial charge in [0.05, 0.1) is 6.54 Å². The van der Waals surface area contributed by atoms with Crippen LogP contribution in [0, 0.1) is 0 Å².